The second-order valence-electron chi connectivity index (χ2n) is 8.32. The number of amides is 1. The van der Waals surface area contributed by atoms with Gasteiger partial charge in [-0.25, -0.2) is 10.2 Å². The maximum atomic E-state index is 13.1. The Morgan fingerprint density at radius 2 is 1.83 bits per heavy atom. The number of fused-ring (bicyclic) bond motifs is 1. The van der Waals surface area contributed by atoms with Crippen LogP contribution in [0.25, 0.3) is 0 Å². The maximum absolute atomic E-state index is 13.1. The number of aryl methyl sites for hydroxylation is 1. The van der Waals surface area contributed by atoms with Gasteiger partial charge >= 0.3 is 5.97 Å². The standard InChI is InChI=1S/C25H31N5O6/c26-25(27)28-12-4-7-20(24(33)34)30(29-15-18-9-11-21-22(13-18)36-16-35-21)23(32)14-19(31)10-8-17-5-2-1-3-6-17/h1-3,5-6,9,11,13,20,29H,4,7-8,10,12,14-16H2,(H,33,34)(H4,26,27,28)/t20-/m0/s1. The number of carbonyl (C=O) groups excluding carboxylic acids is 2. The quantitative estimate of drug-likeness (QED) is 0.0855. The molecule has 2 aromatic rings. The molecule has 11 heteroatoms. The monoisotopic (exact) mass is 497 g/mol. The first-order valence-electron chi connectivity index (χ1n) is 11.6. The van der Waals surface area contributed by atoms with Gasteiger partial charge in [-0.15, -0.1) is 0 Å². The number of guanidine groups is 1. The maximum Gasteiger partial charge on any atom is 0.328 e. The van der Waals surface area contributed by atoms with Crippen LogP contribution in [0.4, 0.5) is 0 Å². The summed E-state index contributed by atoms with van der Waals surface area (Å²) in [6.45, 7) is 0.534. The van der Waals surface area contributed by atoms with Crippen LogP contribution < -0.4 is 25.9 Å². The lowest BCUT2D eigenvalue weighted by Gasteiger charge is -2.29. The zero-order chi connectivity index (χ0) is 25.9. The molecule has 1 aliphatic heterocycles. The van der Waals surface area contributed by atoms with Crippen molar-refractivity contribution in [3.05, 3.63) is 59.7 Å². The Hall–Kier alpha value is -4.12. The van der Waals surface area contributed by atoms with Crippen molar-refractivity contribution >= 4 is 23.6 Å². The van der Waals surface area contributed by atoms with Gasteiger partial charge < -0.3 is 25.6 Å². The van der Waals surface area contributed by atoms with E-state index in [9.17, 15) is 19.5 Å². The normalized spacial score (nSPS) is 12.6. The van der Waals surface area contributed by atoms with Crippen LogP contribution in [0.3, 0.4) is 0 Å². The van der Waals surface area contributed by atoms with Crippen molar-refractivity contribution in [3.8, 4) is 11.5 Å². The van der Waals surface area contributed by atoms with Gasteiger partial charge in [0, 0.05) is 19.5 Å². The van der Waals surface area contributed by atoms with E-state index < -0.39 is 24.3 Å². The van der Waals surface area contributed by atoms with Crippen molar-refractivity contribution in [3.63, 3.8) is 0 Å². The molecule has 0 unspecified atom stereocenters. The molecule has 3 rings (SSSR count). The molecule has 192 valence electrons. The van der Waals surface area contributed by atoms with E-state index in [-0.39, 0.29) is 44.5 Å². The highest BCUT2D eigenvalue weighted by Crippen LogP contribution is 2.32. The van der Waals surface area contributed by atoms with E-state index in [4.69, 9.17) is 20.6 Å². The molecule has 36 heavy (non-hydrogen) atoms. The Morgan fingerprint density at radius 3 is 2.56 bits per heavy atom. The minimum atomic E-state index is -1.22. The van der Waals surface area contributed by atoms with Gasteiger partial charge in [-0.3, -0.25) is 20.0 Å². The number of nitrogens with two attached hydrogens (primary N) is 1. The third kappa shape index (κ3) is 7.98. The molecule has 1 heterocycles. The number of aliphatic carboxylic acids is 1. The first-order chi connectivity index (χ1) is 17.3. The molecule has 0 aliphatic carbocycles. The number of carboxylic acid groups (broad SMARTS) is 1. The Kier molecular flexibility index (Phi) is 9.64. The summed E-state index contributed by atoms with van der Waals surface area (Å²) >= 11 is 0. The predicted molar refractivity (Wildman–Crippen MR) is 131 cm³/mol. The highest BCUT2D eigenvalue weighted by molar-refractivity contribution is 5.99. The zero-order valence-electron chi connectivity index (χ0n) is 19.9. The van der Waals surface area contributed by atoms with Crippen molar-refractivity contribution in [1.29, 1.82) is 5.41 Å². The number of nitrogens with zero attached hydrogens (tertiary/aromatic N) is 1. The number of hydrogen-bond donors (Lipinski definition) is 5. The fraction of sp³-hybridized carbons (Fsp3) is 0.360. The highest BCUT2D eigenvalue weighted by atomic mass is 16.7. The zero-order valence-corrected chi connectivity index (χ0v) is 19.9. The van der Waals surface area contributed by atoms with Crippen LogP contribution in [0.2, 0.25) is 0 Å². The number of ether oxygens (including phenoxy) is 2. The molecular weight excluding hydrogens is 466 g/mol. The number of nitrogens with one attached hydrogen (secondary N) is 3. The van der Waals surface area contributed by atoms with E-state index in [0.717, 1.165) is 16.1 Å². The number of Topliss-reactive ketones (excluding diaryl/α,β-unsaturated/α-hetero) is 1. The van der Waals surface area contributed by atoms with Gasteiger partial charge in [0.2, 0.25) is 12.7 Å². The Bertz CT molecular complexity index is 1080. The molecule has 0 radical (unpaired) electrons. The van der Waals surface area contributed by atoms with Crippen LogP contribution in [0.1, 0.15) is 36.8 Å². The minimum absolute atomic E-state index is 0.0910. The van der Waals surface area contributed by atoms with Crippen molar-refractivity contribution < 1.29 is 29.0 Å². The van der Waals surface area contributed by atoms with Crippen molar-refractivity contribution in [2.45, 2.75) is 44.7 Å². The summed E-state index contributed by atoms with van der Waals surface area (Å²) in [7, 11) is 0. The van der Waals surface area contributed by atoms with Crippen LogP contribution in [0.5, 0.6) is 11.5 Å². The topological polar surface area (TPSA) is 167 Å². The first kappa shape index (κ1) is 26.5. The molecule has 0 saturated carbocycles. The van der Waals surface area contributed by atoms with E-state index in [1.807, 2.05) is 30.3 Å². The number of benzene rings is 2. The molecule has 1 amide bonds. The van der Waals surface area contributed by atoms with Gasteiger partial charge in [0.1, 0.15) is 11.8 Å². The van der Waals surface area contributed by atoms with Gasteiger partial charge in [0.05, 0.1) is 6.42 Å². The average molecular weight is 498 g/mol. The van der Waals surface area contributed by atoms with E-state index >= 15 is 0 Å². The van der Waals surface area contributed by atoms with Gasteiger partial charge in [-0.2, -0.15) is 0 Å². The minimum Gasteiger partial charge on any atom is -0.480 e. The largest absolute Gasteiger partial charge is 0.480 e. The van der Waals surface area contributed by atoms with Crippen molar-refractivity contribution in [2.75, 3.05) is 13.3 Å². The number of carboxylic acids is 1. The van der Waals surface area contributed by atoms with E-state index in [0.29, 0.717) is 24.3 Å². The molecule has 6 N–H and O–H groups in total. The molecule has 2 aromatic carbocycles. The van der Waals surface area contributed by atoms with Gasteiger partial charge in [0.15, 0.2) is 17.5 Å². The van der Waals surface area contributed by atoms with E-state index in [2.05, 4.69) is 10.7 Å². The average Bonchev–Trinajstić information content (AvgIpc) is 3.32. The summed E-state index contributed by atoms with van der Waals surface area (Å²) in [6, 6.07) is 13.5. The molecule has 1 atom stereocenters. The molecule has 0 aromatic heterocycles. The summed E-state index contributed by atoms with van der Waals surface area (Å²) in [4.78, 5) is 37.8. The summed E-state index contributed by atoms with van der Waals surface area (Å²) in [5, 5.41) is 20.7. The van der Waals surface area contributed by atoms with Crippen molar-refractivity contribution in [1.82, 2.24) is 15.8 Å². The van der Waals surface area contributed by atoms with Crippen molar-refractivity contribution in [2.24, 2.45) is 5.73 Å². The van der Waals surface area contributed by atoms with Crippen LogP contribution in [0.15, 0.2) is 48.5 Å². The summed E-state index contributed by atoms with van der Waals surface area (Å²) in [5.41, 5.74) is 9.91. The van der Waals surface area contributed by atoms with Crippen LogP contribution in [0, 0.1) is 5.41 Å². The Morgan fingerprint density at radius 1 is 1.08 bits per heavy atom. The smallest absolute Gasteiger partial charge is 0.328 e. The summed E-state index contributed by atoms with van der Waals surface area (Å²) < 4.78 is 10.7. The van der Waals surface area contributed by atoms with Gasteiger partial charge in [-0.05, 0) is 42.5 Å². The van der Waals surface area contributed by atoms with E-state index in [1.54, 1.807) is 18.2 Å². The van der Waals surface area contributed by atoms with Gasteiger partial charge in [-0.1, -0.05) is 36.4 Å². The molecule has 0 spiro atoms. The molecule has 0 fully saturated rings. The molecule has 1 aliphatic rings. The first-order valence-corrected chi connectivity index (χ1v) is 11.6. The fourth-order valence-electron chi connectivity index (χ4n) is 3.75. The second kappa shape index (κ2) is 13.1. The van der Waals surface area contributed by atoms with Crippen LogP contribution in [-0.4, -0.2) is 53.1 Å². The molecule has 11 nitrogen and oxygen atoms in total. The second-order valence-corrected chi connectivity index (χ2v) is 8.32. The molecule has 0 saturated heterocycles. The number of hydrazine groups is 1. The lowest BCUT2D eigenvalue weighted by Crippen LogP contribution is -2.53. The lowest BCUT2D eigenvalue weighted by molar-refractivity contribution is -0.155. The van der Waals surface area contributed by atoms with Crippen LogP contribution >= 0.6 is 0 Å². The Balaban J connectivity index is 1.67. The lowest BCUT2D eigenvalue weighted by atomic mass is 10.1. The molecular formula is C25H31N5O6. The van der Waals surface area contributed by atoms with Gasteiger partial charge in [0.25, 0.3) is 0 Å². The third-order valence-electron chi connectivity index (χ3n) is 5.61. The highest BCUT2D eigenvalue weighted by Gasteiger charge is 2.30. The predicted octanol–water partition coefficient (Wildman–Crippen LogP) is 1.56. The number of rotatable bonds is 14. The summed E-state index contributed by atoms with van der Waals surface area (Å²) in [6.07, 6.45) is 0.681. The SMILES string of the molecule is N=C(N)NCCC[C@@H](C(=O)O)N(NCc1ccc2c(c1)OCO2)C(=O)CC(=O)CCc1ccccc1. The summed E-state index contributed by atoms with van der Waals surface area (Å²) in [5.74, 6) is -1.16. The molecule has 0 bridgehead atoms. The Labute approximate surface area is 209 Å². The fourth-order valence-corrected chi connectivity index (χ4v) is 3.75. The van der Waals surface area contributed by atoms with E-state index in [1.165, 1.54) is 0 Å². The number of ketones is 1. The number of hydrogen-bond acceptors (Lipinski definition) is 7. The third-order valence-corrected chi connectivity index (χ3v) is 5.61. The number of carbonyl (C=O) groups is 3. The van der Waals surface area contributed by atoms with Crippen LogP contribution in [-0.2, 0) is 27.3 Å².